The zero-order valence-electron chi connectivity index (χ0n) is 13.2. The number of benzene rings is 2. The summed E-state index contributed by atoms with van der Waals surface area (Å²) in [6.45, 7) is 1.81. The van der Waals surface area contributed by atoms with E-state index in [2.05, 4.69) is 5.43 Å². The minimum atomic E-state index is -0.416. The van der Waals surface area contributed by atoms with Crippen LogP contribution in [-0.4, -0.2) is 21.1 Å². The van der Waals surface area contributed by atoms with Gasteiger partial charge in [-0.05, 0) is 54.5 Å². The predicted octanol–water partition coefficient (Wildman–Crippen LogP) is 3.68. The Bertz CT molecular complexity index is 894. The van der Waals surface area contributed by atoms with Gasteiger partial charge in [-0.25, -0.2) is 4.39 Å². The lowest BCUT2D eigenvalue weighted by Crippen LogP contribution is -2.45. The fourth-order valence-electron chi connectivity index (χ4n) is 2.26. The predicted molar refractivity (Wildman–Crippen MR) is 100 cm³/mol. The van der Waals surface area contributed by atoms with Gasteiger partial charge in [0.25, 0.3) is 11.8 Å². The number of amides is 2. The van der Waals surface area contributed by atoms with Gasteiger partial charge < -0.3 is 0 Å². The minimum Gasteiger partial charge on any atom is -0.267 e. The van der Waals surface area contributed by atoms with Crippen molar-refractivity contribution in [2.24, 2.45) is 0 Å². The van der Waals surface area contributed by atoms with Crippen LogP contribution >= 0.6 is 24.0 Å². The summed E-state index contributed by atoms with van der Waals surface area (Å²) in [7, 11) is 0. The molecule has 0 atom stereocenters. The third kappa shape index (κ3) is 3.78. The van der Waals surface area contributed by atoms with Gasteiger partial charge in [0.05, 0.1) is 4.91 Å². The Hall–Kier alpha value is -2.51. The number of aryl methyl sites for hydroxylation is 1. The van der Waals surface area contributed by atoms with Gasteiger partial charge in [-0.1, -0.05) is 42.1 Å². The Kier molecular flexibility index (Phi) is 4.96. The molecule has 1 N–H and O–H groups in total. The van der Waals surface area contributed by atoms with Gasteiger partial charge in [0, 0.05) is 5.56 Å². The van der Waals surface area contributed by atoms with Crippen LogP contribution in [-0.2, 0) is 4.79 Å². The highest BCUT2D eigenvalue weighted by atomic mass is 32.2. The smallest absolute Gasteiger partial charge is 0.267 e. The molecule has 2 amide bonds. The van der Waals surface area contributed by atoms with Crippen molar-refractivity contribution in [3.63, 3.8) is 0 Å². The van der Waals surface area contributed by atoms with E-state index in [0.29, 0.717) is 16.0 Å². The normalized spacial score (nSPS) is 15.8. The average Bonchev–Trinajstić information content (AvgIpc) is 2.85. The number of hydrazine groups is 1. The van der Waals surface area contributed by atoms with Gasteiger partial charge in [-0.3, -0.25) is 15.0 Å². The average molecular weight is 372 g/mol. The first-order valence-corrected chi connectivity index (χ1v) is 8.58. The number of thioether (sulfide) groups is 1. The first-order valence-electron chi connectivity index (χ1n) is 7.36. The van der Waals surface area contributed by atoms with Crippen molar-refractivity contribution in [2.45, 2.75) is 6.92 Å². The molecule has 1 saturated heterocycles. The van der Waals surface area contributed by atoms with E-state index in [1.165, 1.54) is 12.1 Å². The lowest BCUT2D eigenvalue weighted by Gasteiger charge is -2.16. The molecule has 3 rings (SSSR count). The molecule has 0 bridgehead atoms. The van der Waals surface area contributed by atoms with Crippen molar-refractivity contribution in [2.75, 3.05) is 0 Å². The maximum atomic E-state index is 13.0. The highest BCUT2D eigenvalue weighted by Gasteiger charge is 2.33. The van der Waals surface area contributed by atoms with Crippen molar-refractivity contribution in [3.05, 3.63) is 75.9 Å². The fraction of sp³-hybridized carbons (Fsp3) is 0.0556. The van der Waals surface area contributed by atoms with Gasteiger partial charge in [0.2, 0.25) is 0 Å². The molecular weight excluding hydrogens is 359 g/mol. The molecule has 0 saturated carbocycles. The van der Waals surface area contributed by atoms with Crippen molar-refractivity contribution in [1.29, 1.82) is 0 Å². The first-order chi connectivity index (χ1) is 12.0. The SMILES string of the molecule is Cc1ccccc1C(=O)NN1C(=O)/C(=C/c2ccc(F)cc2)SC1=S. The Labute approximate surface area is 153 Å². The van der Waals surface area contributed by atoms with E-state index >= 15 is 0 Å². The van der Waals surface area contributed by atoms with Crippen molar-refractivity contribution in [1.82, 2.24) is 10.4 Å². The molecule has 2 aromatic rings. The number of hydrogen-bond acceptors (Lipinski definition) is 4. The zero-order valence-corrected chi connectivity index (χ0v) is 14.8. The van der Waals surface area contributed by atoms with Crippen LogP contribution < -0.4 is 5.43 Å². The molecule has 1 aliphatic rings. The second kappa shape index (κ2) is 7.16. The summed E-state index contributed by atoms with van der Waals surface area (Å²) in [4.78, 5) is 25.2. The first kappa shape index (κ1) is 17.3. The van der Waals surface area contributed by atoms with E-state index in [4.69, 9.17) is 12.2 Å². The van der Waals surface area contributed by atoms with Crippen LogP contribution in [0.25, 0.3) is 6.08 Å². The number of carbonyl (C=O) groups is 2. The lowest BCUT2D eigenvalue weighted by molar-refractivity contribution is -0.123. The summed E-state index contributed by atoms with van der Waals surface area (Å²) in [5.74, 6) is -1.17. The van der Waals surface area contributed by atoms with E-state index in [1.54, 1.807) is 30.3 Å². The van der Waals surface area contributed by atoms with Crippen LogP contribution in [0, 0.1) is 12.7 Å². The van der Waals surface area contributed by atoms with Crippen molar-refractivity contribution in [3.8, 4) is 0 Å². The third-order valence-electron chi connectivity index (χ3n) is 3.56. The summed E-state index contributed by atoms with van der Waals surface area (Å²) >= 11 is 6.27. The molecule has 0 unspecified atom stereocenters. The second-order valence-electron chi connectivity index (χ2n) is 5.32. The van der Waals surface area contributed by atoms with E-state index in [-0.39, 0.29) is 10.1 Å². The molecule has 0 aromatic heterocycles. The summed E-state index contributed by atoms with van der Waals surface area (Å²) in [5.41, 5.74) is 4.49. The maximum Gasteiger partial charge on any atom is 0.285 e. The number of thiocarbonyl (C=S) groups is 1. The maximum absolute atomic E-state index is 13.0. The monoisotopic (exact) mass is 372 g/mol. The Morgan fingerprint density at radius 3 is 2.56 bits per heavy atom. The molecule has 1 heterocycles. The van der Waals surface area contributed by atoms with Gasteiger partial charge in [-0.15, -0.1) is 0 Å². The second-order valence-corrected chi connectivity index (χ2v) is 7.00. The Morgan fingerprint density at radius 2 is 1.88 bits per heavy atom. The Balaban J connectivity index is 1.79. The molecule has 25 heavy (non-hydrogen) atoms. The van der Waals surface area contributed by atoms with Gasteiger partial charge >= 0.3 is 0 Å². The van der Waals surface area contributed by atoms with E-state index in [0.717, 1.165) is 22.3 Å². The molecule has 0 radical (unpaired) electrons. The van der Waals surface area contributed by atoms with Crippen molar-refractivity contribution >= 4 is 46.2 Å². The number of carbonyl (C=O) groups excluding carboxylic acids is 2. The molecule has 7 heteroatoms. The third-order valence-corrected chi connectivity index (χ3v) is 4.87. The zero-order chi connectivity index (χ0) is 18.0. The molecule has 1 fully saturated rings. The van der Waals surface area contributed by atoms with Gasteiger partial charge in [-0.2, -0.15) is 5.01 Å². The van der Waals surface area contributed by atoms with Crippen LogP contribution in [0.4, 0.5) is 4.39 Å². The standard InChI is InChI=1S/C18H13FN2O2S2/c1-11-4-2-3-5-14(11)16(22)20-21-17(23)15(25-18(21)24)10-12-6-8-13(19)9-7-12/h2-10H,1H3,(H,20,22)/b15-10-. The van der Waals surface area contributed by atoms with Crippen LogP contribution in [0.5, 0.6) is 0 Å². The highest BCUT2D eigenvalue weighted by molar-refractivity contribution is 8.26. The van der Waals surface area contributed by atoms with E-state index < -0.39 is 11.8 Å². The van der Waals surface area contributed by atoms with Gasteiger partial charge in [0.1, 0.15) is 5.82 Å². The Morgan fingerprint density at radius 1 is 1.20 bits per heavy atom. The minimum absolute atomic E-state index is 0.236. The van der Waals surface area contributed by atoms with E-state index in [9.17, 15) is 14.0 Å². The number of nitrogens with zero attached hydrogens (tertiary/aromatic N) is 1. The van der Waals surface area contributed by atoms with Crippen molar-refractivity contribution < 1.29 is 14.0 Å². The molecule has 4 nitrogen and oxygen atoms in total. The summed E-state index contributed by atoms with van der Waals surface area (Å²) < 4.78 is 13.2. The summed E-state index contributed by atoms with van der Waals surface area (Å²) in [6, 6.07) is 12.8. The van der Waals surface area contributed by atoms with E-state index in [1.807, 2.05) is 19.1 Å². The molecule has 0 aliphatic carbocycles. The van der Waals surface area contributed by atoms with Crippen LogP contribution in [0.3, 0.4) is 0 Å². The fourth-order valence-corrected chi connectivity index (χ4v) is 3.44. The quantitative estimate of drug-likeness (QED) is 0.660. The number of rotatable bonds is 3. The molecule has 2 aromatic carbocycles. The lowest BCUT2D eigenvalue weighted by atomic mass is 10.1. The molecular formula is C18H13FN2O2S2. The number of nitrogens with one attached hydrogen (secondary N) is 1. The molecule has 1 aliphatic heterocycles. The topological polar surface area (TPSA) is 49.4 Å². The van der Waals surface area contributed by atoms with Crippen LogP contribution in [0.2, 0.25) is 0 Å². The summed E-state index contributed by atoms with van der Waals surface area (Å²) in [6.07, 6.45) is 1.61. The molecule has 0 spiro atoms. The number of hydrogen-bond donors (Lipinski definition) is 1. The van der Waals surface area contributed by atoms with Crippen LogP contribution in [0.1, 0.15) is 21.5 Å². The summed E-state index contributed by atoms with van der Waals surface area (Å²) in [5, 5.41) is 1.06. The highest BCUT2D eigenvalue weighted by Crippen LogP contribution is 2.31. The largest absolute Gasteiger partial charge is 0.285 e. The van der Waals surface area contributed by atoms with Gasteiger partial charge in [0.15, 0.2) is 4.32 Å². The number of halogens is 1. The van der Waals surface area contributed by atoms with Crippen LogP contribution in [0.15, 0.2) is 53.4 Å². The molecule has 126 valence electrons.